The highest BCUT2D eigenvalue weighted by Crippen LogP contribution is 2.24. The van der Waals surface area contributed by atoms with Crippen LogP contribution in [0.5, 0.6) is 0 Å². The van der Waals surface area contributed by atoms with E-state index in [9.17, 15) is 18.0 Å². The first-order valence-electron chi connectivity index (χ1n) is 10.3. The van der Waals surface area contributed by atoms with Crippen LogP contribution in [0, 0.1) is 0 Å². The van der Waals surface area contributed by atoms with Crippen LogP contribution in [0.15, 0.2) is 41.7 Å². The van der Waals surface area contributed by atoms with Gasteiger partial charge in [-0.3, -0.25) is 9.59 Å². The molecule has 1 aliphatic heterocycles. The van der Waals surface area contributed by atoms with Gasteiger partial charge in [0.1, 0.15) is 6.04 Å². The second-order valence-corrected chi connectivity index (χ2v) is 9.81. The zero-order valence-corrected chi connectivity index (χ0v) is 20.1. The second-order valence-electron chi connectivity index (χ2n) is 7.92. The van der Waals surface area contributed by atoms with E-state index in [-0.39, 0.29) is 48.8 Å². The van der Waals surface area contributed by atoms with Crippen molar-refractivity contribution in [1.29, 1.82) is 0 Å². The molecule has 2 aromatic rings. The molecule has 1 fully saturated rings. The fraction of sp³-hybridized carbons (Fsp3) is 0.476. The van der Waals surface area contributed by atoms with Crippen LogP contribution in [0.2, 0.25) is 0 Å². The molecule has 0 bridgehead atoms. The van der Waals surface area contributed by atoms with E-state index in [2.05, 4.69) is 15.3 Å². The molecule has 1 aromatic carbocycles. The molecule has 176 valence electrons. The van der Waals surface area contributed by atoms with Gasteiger partial charge in [0.05, 0.1) is 16.9 Å². The number of nitrogens with one attached hydrogen (secondary N) is 2. The minimum absolute atomic E-state index is 0. The first kappa shape index (κ1) is 25.8. The van der Waals surface area contributed by atoms with Crippen LogP contribution in [0.3, 0.4) is 0 Å². The summed E-state index contributed by atoms with van der Waals surface area (Å²) in [6.07, 6.45) is 3.81. The molecular weight excluding hydrogens is 454 g/mol. The summed E-state index contributed by atoms with van der Waals surface area (Å²) in [6.45, 7) is 6.13. The van der Waals surface area contributed by atoms with E-state index >= 15 is 0 Å². The second kappa shape index (κ2) is 10.9. The van der Waals surface area contributed by atoms with Crippen molar-refractivity contribution < 1.29 is 18.0 Å². The molecule has 9 nitrogen and oxygen atoms in total. The van der Waals surface area contributed by atoms with E-state index < -0.39 is 22.0 Å². The van der Waals surface area contributed by atoms with Crippen molar-refractivity contribution in [3.8, 4) is 0 Å². The zero-order valence-electron chi connectivity index (χ0n) is 18.4. The van der Waals surface area contributed by atoms with Gasteiger partial charge in [-0.15, -0.1) is 12.4 Å². The number of H-pyrrole nitrogens is 1. The van der Waals surface area contributed by atoms with Gasteiger partial charge in [-0.25, -0.2) is 13.4 Å². The van der Waals surface area contributed by atoms with E-state index in [1.165, 1.54) is 16.1 Å². The van der Waals surface area contributed by atoms with Gasteiger partial charge in [0, 0.05) is 45.7 Å². The maximum Gasteiger partial charge on any atom is 0.243 e. The molecule has 0 unspecified atom stereocenters. The average Bonchev–Trinajstić information content (AvgIpc) is 3.26. The number of carbonyl (C=O) groups excluding carboxylic acids is 2. The van der Waals surface area contributed by atoms with E-state index in [0.29, 0.717) is 13.0 Å². The number of sulfonamides is 1. The maximum atomic E-state index is 13.3. The van der Waals surface area contributed by atoms with Crippen LogP contribution >= 0.6 is 12.4 Å². The Morgan fingerprint density at radius 1 is 1.22 bits per heavy atom. The lowest BCUT2D eigenvalue weighted by Gasteiger charge is -2.39. The summed E-state index contributed by atoms with van der Waals surface area (Å²) in [4.78, 5) is 33.4. The van der Waals surface area contributed by atoms with Crippen molar-refractivity contribution in [2.45, 2.75) is 44.0 Å². The molecule has 1 saturated heterocycles. The van der Waals surface area contributed by atoms with Crippen molar-refractivity contribution in [2.75, 3.05) is 26.2 Å². The number of rotatable bonds is 7. The molecule has 0 aliphatic carbocycles. The molecule has 3 rings (SSSR count). The Labute approximate surface area is 195 Å². The van der Waals surface area contributed by atoms with Crippen LogP contribution in [0.25, 0.3) is 0 Å². The van der Waals surface area contributed by atoms with Gasteiger partial charge in [0.2, 0.25) is 21.8 Å². The quantitative estimate of drug-likeness (QED) is 0.619. The number of piperazine rings is 1. The minimum Gasteiger partial charge on any atom is -0.354 e. The largest absolute Gasteiger partial charge is 0.354 e. The summed E-state index contributed by atoms with van der Waals surface area (Å²) in [6, 6.07) is 5.75. The number of hydrogen-bond acceptors (Lipinski definition) is 5. The Balaban J connectivity index is 0.00000363. The summed E-state index contributed by atoms with van der Waals surface area (Å²) in [7, 11) is -3.90. The van der Waals surface area contributed by atoms with Crippen molar-refractivity contribution in [1.82, 2.24) is 24.5 Å². The van der Waals surface area contributed by atoms with Gasteiger partial charge in [-0.05, 0) is 23.6 Å². The first-order valence-corrected chi connectivity index (χ1v) is 11.8. The fourth-order valence-corrected chi connectivity index (χ4v) is 5.14. The van der Waals surface area contributed by atoms with Gasteiger partial charge in [0.25, 0.3) is 0 Å². The molecule has 0 spiro atoms. The lowest BCUT2D eigenvalue weighted by molar-refractivity contribution is -0.134. The summed E-state index contributed by atoms with van der Waals surface area (Å²) in [5, 5.41) is 2.79. The van der Waals surface area contributed by atoms with Gasteiger partial charge in [-0.1, -0.05) is 26.0 Å². The van der Waals surface area contributed by atoms with Crippen molar-refractivity contribution in [2.24, 2.45) is 0 Å². The Hall–Kier alpha value is -2.43. The lowest BCUT2D eigenvalue weighted by atomic mass is 10.0. The van der Waals surface area contributed by atoms with Gasteiger partial charge < -0.3 is 15.2 Å². The number of hydrogen-bond donors (Lipinski definition) is 2. The standard InChI is InChI=1S/C21H29N5O4S.ClH/c1-15(2)17-4-6-19(7-5-17)31(29,30)26-11-10-25(16(3)27)13-20(26)21(28)23-9-8-18-12-22-14-24-18;/h4-7,12,14-15,20H,8-11,13H2,1-3H3,(H,22,24)(H,23,28);1H/t20-;/m1./s1. The first-order chi connectivity index (χ1) is 14.7. The molecule has 1 aromatic heterocycles. The van der Waals surface area contributed by atoms with E-state index in [1.54, 1.807) is 36.8 Å². The van der Waals surface area contributed by atoms with Gasteiger partial charge >= 0.3 is 0 Å². The predicted octanol–water partition coefficient (Wildman–Crippen LogP) is 1.54. The summed E-state index contributed by atoms with van der Waals surface area (Å²) >= 11 is 0. The monoisotopic (exact) mass is 483 g/mol. The normalized spacial score (nSPS) is 17.1. The van der Waals surface area contributed by atoms with Crippen LogP contribution in [-0.4, -0.2) is 71.6 Å². The SMILES string of the molecule is CC(=O)N1CCN(S(=O)(=O)c2ccc(C(C)C)cc2)[C@@H](C(=O)NCCc2c[nH]cn2)C1.Cl. The molecule has 32 heavy (non-hydrogen) atoms. The van der Waals surface area contributed by atoms with Crippen molar-refractivity contribution in [3.63, 3.8) is 0 Å². The molecular formula is C21H30ClN5O4S. The van der Waals surface area contributed by atoms with Crippen LogP contribution in [0.1, 0.15) is 37.9 Å². The third-order valence-electron chi connectivity index (χ3n) is 5.47. The highest BCUT2D eigenvalue weighted by atomic mass is 35.5. The molecule has 0 radical (unpaired) electrons. The Morgan fingerprint density at radius 3 is 2.47 bits per heavy atom. The molecule has 11 heteroatoms. The summed E-state index contributed by atoms with van der Waals surface area (Å²) in [5.41, 5.74) is 1.83. The lowest BCUT2D eigenvalue weighted by Crippen LogP contribution is -2.61. The number of benzene rings is 1. The number of amides is 2. The van der Waals surface area contributed by atoms with Crippen LogP contribution < -0.4 is 5.32 Å². The van der Waals surface area contributed by atoms with E-state index in [0.717, 1.165) is 11.3 Å². The predicted molar refractivity (Wildman–Crippen MR) is 123 cm³/mol. The summed E-state index contributed by atoms with van der Waals surface area (Å²) in [5.74, 6) is -0.333. The highest BCUT2D eigenvalue weighted by Gasteiger charge is 2.40. The highest BCUT2D eigenvalue weighted by molar-refractivity contribution is 7.89. The molecule has 1 atom stereocenters. The van der Waals surface area contributed by atoms with Crippen LogP contribution in [-0.2, 0) is 26.0 Å². The molecule has 2 heterocycles. The third-order valence-corrected chi connectivity index (χ3v) is 7.39. The Morgan fingerprint density at radius 2 is 1.91 bits per heavy atom. The number of aromatic nitrogens is 2. The number of carbonyl (C=O) groups is 2. The smallest absolute Gasteiger partial charge is 0.243 e. The minimum atomic E-state index is -3.90. The maximum absolute atomic E-state index is 13.3. The number of halogens is 1. The zero-order chi connectivity index (χ0) is 22.6. The number of imidazole rings is 1. The molecule has 1 aliphatic rings. The van der Waals surface area contributed by atoms with Crippen LogP contribution in [0.4, 0.5) is 0 Å². The number of nitrogens with zero attached hydrogens (tertiary/aromatic N) is 3. The van der Waals surface area contributed by atoms with E-state index in [4.69, 9.17) is 0 Å². The Bertz CT molecular complexity index is 1010. The fourth-order valence-electron chi connectivity index (χ4n) is 3.57. The average molecular weight is 484 g/mol. The van der Waals surface area contributed by atoms with Crippen molar-refractivity contribution >= 4 is 34.2 Å². The number of aromatic amines is 1. The van der Waals surface area contributed by atoms with Crippen molar-refractivity contribution in [3.05, 3.63) is 48.0 Å². The summed E-state index contributed by atoms with van der Waals surface area (Å²) < 4.78 is 27.9. The molecule has 2 amide bonds. The Kier molecular flexibility index (Phi) is 8.82. The molecule has 0 saturated carbocycles. The van der Waals surface area contributed by atoms with Gasteiger partial charge in [0.15, 0.2) is 0 Å². The van der Waals surface area contributed by atoms with Gasteiger partial charge in [-0.2, -0.15) is 4.31 Å². The van der Waals surface area contributed by atoms with E-state index in [1.807, 2.05) is 13.8 Å². The third kappa shape index (κ3) is 5.87. The topological polar surface area (TPSA) is 115 Å². The molecule has 2 N–H and O–H groups in total.